The molecular formula is C25H24BrN3O6. The number of nitrogens with zero attached hydrogens (tertiary/aromatic N) is 1. The molecule has 4 amide bonds. The number of nitrogens with one attached hydrogen (secondary N) is 2. The molecule has 1 saturated carbocycles. The van der Waals surface area contributed by atoms with Crippen molar-refractivity contribution in [3.63, 3.8) is 0 Å². The minimum Gasteiger partial charge on any atom is -0.452 e. The van der Waals surface area contributed by atoms with E-state index in [1.807, 2.05) is 0 Å². The number of amides is 4. The maximum atomic E-state index is 12.8. The molecule has 2 fully saturated rings. The molecule has 0 spiro atoms. The molecule has 0 radical (unpaired) electrons. The van der Waals surface area contributed by atoms with Gasteiger partial charge < -0.3 is 4.74 Å². The number of ether oxygens (including phenoxy) is 1. The molecule has 4 rings (SSSR count). The summed E-state index contributed by atoms with van der Waals surface area (Å²) in [6, 6.07) is 12.4. The highest BCUT2D eigenvalue weighted by Gasteiger charge is 2.49. The van der Waals surface area contributed by atoms with Gasteiger partial charge in [-0.05, 0) is 73.7 Å². The highest BCUT2D eigenvalue weighted by Crippen LogP contribution is 2.42. The van der Waals surface area contributed by atoms with Gasteiger partial charge >= 0.3 is 5.97 Å². The number of esters is 1. The Balaban J connectivity index is 1.28. The molecule has 0 aromatic heterocycles. The molecule has 3 atom stereocenters. The Hall–Kier alpha value is -3.53. The third-order valence-corrected chi connectivity index (χ3v) is 6.83. The fourth-order valence-corrected chi connectivity index (χ4v) is 4.71. The van der Waals surface area contributed by atoms with E-state index >= 15 is 0 Å². The van der Waals surface area contributed by atoms with Crippen molar-refractivity contribution >= 4 is 51.2 Å². The number of anilines is 1. The number of halogens is 1. The molecule has 1 aliphatic carbocycles. The van der Waals surface area contributed by atoms with Gasteiger partial charge in [0.05, 0.1) is 23.1 Å². The summed E-state index contributed by atoms with van der Waals surface area (Å²) in [6.45, 7) is 1.49. The zero-order chi connectivity index (χ0) is 25.1. The predicted molar refractivity (Wildman–Crippen MR) is 129 cm³/mol. The predicted octanol–water partition coefficient (Wildman–Crippen LogP) is 2.99. The monoisotopic (exact) mass is 541 g/mol. The second-order valence-electron chi connectivity index (χ2n) is 8.78. The number of rotatable bonds is 5. The molecule has 0 bridgehead atoms. The summed E-state index contributed by atoms with van der Waals surface area (Å²) in [5.74, 6) is -2.51. The van der Waals surface area contributed by atoms with Gasteiger partial charge in [-0.25, -0.2) is 4.79 Å². The summed E-state index contributed by atoms with van der Waals surface area (Å²) in [4.78, 5) is 63.1. The molecule has 2 aromatic rings. The average Bonchev–Trinajstić information content (AvgIpc) is 3.10. The molecule has 2 N–H and O–H groups in total. The first-order chi connectivity index (χ1) is 16.7. The van der Waals surface area contributed by atoms with Gasteiger partial charge in [0.1, 0.15) is 0 Å². The van der Waals surface area contributed by atoms with Crippen LogP contribution >= 0.6 is 15.9 Å². The lowest BCUT2D eigenvalue weighted by Gasteiger charge is -2.25. The van der Waals surface area contributed by atoms with Crippen LogP contribution in [0.1, 0.15) is 46.9 Å². The summed E-state index contributed by atoms with van der Waals surface area (Å²) in [5.41, 5.74) is 5.32. The van der Waals surface area contributed by atoms with Crippen LogP contribution in [0.4, 0.5) is 5.69 Å². The molecule has 2 aliphatic rings. The van der Waals surface area contributed by atoms with Crippen molar-refractivity contribution < 1.29 is 28.7 Å². The van der Waals surface area contributed by atoms with E-state index in [1.165, 1.54) is 29.2 Å². The molecule has 0 unspecified atom stereocenters. The number of carbonyl (C=O) groups is 5. The Labute approximate surface area is 210 Å². The van der Waals surface area contributed by atoms with E-state index in [9.17, 15) is 24.0 Å². The molecular weight excluding hydrogens is 518 g/mol. The summed E-state index contributed by atoms with van der Waals surface area (Å²) >= 11 is 3.27. The van der Waals surface area contributed by atoms with Gasteiger partial charge in [0.2, 0.25) is 11.8 Å². The normalized spacial score (nSPS) is 21.3. The number of fused-ring (bicyclic) bond motifs is 1. The first kappa shape index (κ1) is 24.6. The first-order valence-corrected chi connectivity index (χ1v) is 12.0. The highest BCUT2D eigenvalue weighted by molar-refractivity contribution is 9.10. The number of imide groups is 1. The molecule has 182 valence electrons. The van der Waals surface area contributed by atoms with Crippen LogP contribution in [0.5, 0.6) is 0 Å². The standard InChI is InChI=1S/C25H24BrN3O6/c1-14-2-11-19-20(12-14)24(33)29(23(19)32)18-9-5-16(6-10-18)25(34)35-13-21(30)27-28-22(31)15-3-7-17(26)8-4-15/h3-10,14,19-20H,2,11-13H2,1H3,(H,27,30)(H,28,31)/t14-,19+,20-/m1/s1. The molecule has 2 aromatic carbocycles. The number of hydrogen-bond donors (Lipinski definition) is 2. The third-order valence-electron chi connectivity index (χ3n) is 6.31. The second kappa shape index (κ2) is 10.4. The van der Waals surface area contributed by atoms with Gasteiger partial charge in [0, 0.05) is 10.0 Å². The fraction of sp³-hybridized carbons (Fsp3) is 0.320. The SMILES string of the molecule is C[C@@H]1CC[C@@H]2C(=O)N(c3ccc(C(=O)OCC(=O)NNC(=O)c4ccc(Br)cc4)cc3)C(=O)[C@@H]2C1. The fourth-order valence-electron chi connectivity index (χ4n) is 4.44. The summed E-state index contributed by atoms with van der Waals surface area (Å²) < 4.78 is 5.79. The van der Waals surface area contributed by atoms with Crippen molar-refractivity contribution in [3.05, 3.63) is 64.1 Å². The van der Waals surface area contributed by atoms with E-state index in [4.69, 9.17) is 4.74 Å². The highest BCUT2D eigenvalue weighted by atomic mass is 79.9. The molecule has 1 heterocycles. The van der Waals surface area contributed by atoms with Crippen molar-refractivity contribution in [3.8, 4) is 0 Å². The maximum Gasteiger partial charge on any atom is 0.338 e. The Morgan fingerprint density at radius 3 is 2.23 bits per heavy atom. The Morgan fingerprint density at radius 2 is 1.54 bits per heavy atom. The lowest BCUT2D eigenvalue weighted by molar-refractivity contribution is -0.125. The molecule has 9 nitrogen and oxygen atoms in total. The number of carbonyl (C=O) groups excluding carboxylic acids is 5. The first-order valence-electron chi connectivity index (χ1n) is 11.2. The van der Waals surface area contributed by atoms with Crippen LogP contribution in [0.25, 0.3) is 0 Å². The summed E-state index contributed by atoms with van der Waals surface area (Å²) in [5, 5.41) is 0. The topological polar surface area (TPSA) is 122 Å². The zero-order valence-corrected chi connectivity index (χ0v) is 20.5. The van der Waals surface area contributed by atoms with Gasteiger partial charge in [-0.3, -0.25) is 34.9 Å². The van der Waals surface area contributed by atoms with E-state index in [1.54, 1.807) is 24.3 Å². The van der Waals surface area contributed by atoms with Gasteiger partial charge in [-0.1, -0.05) is 22.9 Å². The average molecular weight is 542 g/mol. The Bertz CT molecular complexity index is 1160. The second-order valence-corrected chi connectivity index (χ2v) is 9.69. The van der Waals surface area contributed by atoms with E-state index in [0.29, 0.717) is 30.0 Å². The smallest absolute Gasteiger partial charge is 0.338 e. The van der Waals surface area contributed by atoms with Crippen molar-refractivity contribution in [1.29, 1.82) is 0 Å². The van der Waals surface area contributed by atoms with Crippen LogP contribution < -0.4 is 15.8 Å². The minimum atomic E-state index is -0.757. The van der Waals surface area contributed by atoms with E-state index in [-0.39, 0.29) is 29.2 Å². The number of benzene rings is 2. The summed E-state index contributed by atoms with van der Waals surface area (Å²) in [7, 11) is 0. The Morgan fingerprint density at radius 1 is 0.914 bits per heavy atom. The molecule has 35 heavy (non-hydrogen) atoms. The molecule has 1 aliphatic heterocycles. The quantitative estimate of drug-likeness (QED) is 0.341. The van der Waals surface area contributed by atoms with Crippen molar-refractivity contribution in [2.75, 3.05) is 11.5 Å². The van der Waals surface area contributed by atoms with Crippen molar-refractivity contribution in [2.24, 2.45) is 17.8 Å². The van der Waals surface area contributed by atoms with Gasteiger partial charge in [0.25, 0.3) is 11.8 Å². The van der Waals surface area contributed by atoms with Crippen LogP contribution in [-0.2, 0) is 19.1 Å². The van der Waals surface area contributed by atoms with E-state index in [0.717, 1.165) is 10.9 Å². The van der Waals surface area contributed by atoms with Gasteiger partial charge in [0.15, 0.2) is 6.61 Å². The maximum absolute atomic E-state index is 12.8. The van der Waals surface area contributed by atoms with Crippen molar-refractivity contribution in [1.82, 2.24) is 10.9 Å². The third kappa shape index (κ3) is 5.43. The summed E-state index contributed by atoms with van der Waals surface area (Å²) in [6.07, 6.45) is 2.35. The zero-order valence-electron chi connectivity index (χ0n) is 19.0. The lowest BCUT2D eigenvalue weighted by atomic mass is 9.76. The van der Waals surface area contributed by atoms with Crippen LogP contribution in [0.3, 0.4) is 0 Å². The van der Waals surface area contributed by atoms with Crippen LogP contribution in [0.2, 0.25) is 0 Å². The van der Waals surface area contributed by atoms with E-state index in [2.05, 4.69) is 33.7 Å². The number of hydrogen-bond acceptors (Lipinski definition) is 6. The minimum absolute atomic E-state index is 0.158. The molecule has 1 saturated heterocycles. The van der Waals surface area contributed by atoms with Crippen molar-refractivity contribution in [2.45, 2.75) is 26.2 Å². The lowest BCUT2D eigenvalue weighted by Crippen LogP contribution is -2.43. The largest absolute Gasteiger partial charge is 0.452 e. The number of hydrazine groups is 1. The van der Waals surface area contributed by atoms with Gasteiger partial charge in [-0.2, -0.15) is 0 Å². The van der Waals surface area contributed by atoms with Crippen LogP contribution in [-0.4, -0.2) is 36.2 Å². The van der Waals surface area contributed by atoms with Gasteiger partial charge in [-0.15, -0.1) is 0 Å². The van der Waals surface area contributed by atoms with E-state index < -0.39 is 24.4 Å². The Kier molecular flexibility index (Phi) is 7.30. The van der Waals surface area contributed by atoms with Crippen LogP contribution in [0, 0.1) is 17.8 Å². The molecule has 10 heteroatoms. The van der Waals surface area contributed by atoms with Crippen LogP contribution in [0.15, 0.2) is 53.0 Å².